The first-order valence-corrected chi connectivity index (χ1v) is 6.80. The summed E-state index contributed by atoms with van der Waals surface area (Å²) in [5.74, 6) is 0.110. The van der Waals surface area contributed by atoms with Crippen molar-refractivity contribution >= 4 is 17.3 Å². The molecule has 2 rings (SSSR count). The van der Waals surface area contributed by atoms with Gasteiger partial charge >= 0.3 is 0 Å². The molecule has 108 valence electrons. The quantitative estimate of drug-likeness (QED) is 0.640. The molecule has 1 aliphatic rings. The molecule has 20 heavy (non-hydrogen) atoms. The second kappa shape index (κ2) is 5.90. The Bertz CT molecular complexity index is 526. The van der Waals surface area contributed by atoms with Crippen molar-refractivity contribution < 1.29 is 9.72 Å². The van der Waals surface area contributed by atoms with E-state index in [4.69, 9.17) is 0 Å². The van der Waals surface area contributed by atoms with Gasteiger partial charge in [0.05, 0.1) is 4.92 Å². The van der Waals surface area contributed by atoms with Gasteiger partial charge in [-0.15, -0.1) is 0 Å². The molecule has 6 heteroatoms. The molecule has 1 fully saturated rings. The van der Waals surface area contributed by atoms with Crippen LogP contribution in [0.4, 0.5) is 11.4 Å². The molecule has 0 aliphatic heterocycles. The molecule has 0 radical (unpaired) electrons. The molecule has 0 heterocycles. The summed E-state index contributed by atoms with van der Waals surface area (Å²) in [5.41, 5.74) is 0.618. The third-order valence-electron chi connectivity index (χ3n) is 3.94. The number of nitro groups is 1. The monoisotopic (exact) mass is 277 g/mol. The number of rotatable bonds is 5. The van der Waals surface area contributed by atoms with Crippen LogP contribution in [0.1, 0.15) is 36.5 Å². The van der Waals surface area contributed by atoms with Crippen molar-refractivity contribution in [2.45, 2.75) is 32.2 Å². The van der Waals surface area contributed by atoms with E-state index in [-0.39, 0.29) is 23.2 Å². The minimum Gasteiger partial charge on any atom is -0.388 e. The number of carbonyl (C=O) groups excluding carboxylic acids is 1. The Morgan fingerprint density at radius 3 is 2.65 bits per heavy atom. The van der Waals surface area contributed by atoms with E-state index >= 15 is 0 Å². The van der Waals surface area contributed by atoms with Crippen LogP contribution < -0.4 is 10.6 Å². The molecule has 1 saturated carbocycles. The zero-order valence-corrected chi connectivity index (χ0v) is 11.7. The van der Waals surface area contributed by atoms with Crippen LogP contribution in [0.15, 0.2) is 18.2 Å². The lowest BCUT2D eigenvalue weighted by Crippen LogP contribution is -2.40. The van der Waals surface area contributed by atoms with Crippen molar-refractivity contribution in [3.05, 3.63) is 33.9 Å². The lowest BCUT2D eigenvalue weighted by atomic mass is 9.80. The van der Waals surface area contributed by atoms with E-state index in [2.05, 4.69) is 10.6 Å². The normalized spacial score (nSPS) is 16.1. The third-order valence-corrected chi connectivity index (χ3v) is 3.94. The highest BCUT2D eigenvalue weighted by atomic mass is 16.6. The van der Waals surface area contributed by atoms with Crippen LogP contribution >= 0.6 is 0 Å². The SMILES string of the molecule is CNc1ccc([N+](=O)[O-])c(C(=O)NC(C)C2CCC2)c1. The summed E-state index contributed by atoms with van der Waals surface area (Å²) < 4.78 is 0. The molecule has 1 aliphatic carbocycles. The van der Waals surface area contributed by atoms with Crippen LogP contribution in [0.5, 0.6) is 0 Å². The van der Waals surface area contributed by atoms with E-state index in [1.807, 2.05) is 6.92 Å². The summed E-state index contributed by atoms with van der Waals surface area (Å²) in [6, 6.07) is 4.51. The Balaban J connectivity index is 2.20. The molecule has 1 aromatic carbocycles. The highest BCUT2D eigenvalue weighted by molar-refractivity contribution is 5.99. The number of nitro benzene ring substituents is 1. The van der Waals surface area contributed by atoms with E-state index in [0.717, 1.165) is 12.8 Å². The molecule has 0 spiro atoms. The number of hydrogen-bond acceptors (Lipinski definition) is 4. The molecule has 0 saturated heterocycles. The third kappa shape index (κ3) is 2.89. The number of anilines is 1. The first-order valence-electron chi connectivity index (χ1n) is 6.80. The smallest absolute Gasteiger partial charge is 0.282 e. The molecule has 1 aromatic rings. The van der Waals surface area contributed by atoms with Gasteiger partial charge in [-0.1, -0.05) is 6.42 Å². The summed E-state index contributed by atoms with van der Waals surface area (Å²) in [4.78, 5) is 22.7. The number of hydrogen-bond donors (Lipinski definition) is 2. The van der Waals surface area contributed by atoms with Crippen LogP contribution in [-0.2, 0) is 0 Å². The minimum absolute atomic E-state index is 0.0501. The van der Waals surface area contributed by atoms with Gasteiger partial charge in [0.25, 0.3) is 11.6 Å². The predicted octanol–water partition coefficient (Wildman–Crippen LogP) is 2.55. The van der Waals surface area contributed by atoms with Crippen LogP contribution in [0, 0.1) is 16.0 Å². The topological polar surface area (TPSA) is 84.3 Å². The van der Waals surface area contributed by atoms with Crippen molar-refractivity contribution in [3.63, 3.8) is 0 Å². The van der Waals surface area contributed by atoms with Gasteiger partial charge in [-0.3, -0.25) is 14.9 Å². The summed E-state index contributed by atoms with van der Waals surface area (Å²) in [6.07, 6.45) is 3.42. The summed E-state index contributed by atoms with van der Waals surface area (Å²) >= 11 is 0. The minimum atomic E-state index is -0.525. The first-order chi connectivity index (χ1) is 9.52. The number of nitrogens with zero attached hydrogens (tertiary/aromatic N) is 1. The van der Waals surface area contributed by atoms with Crippen molar-refractivity contribution in [1.29, 1.82) is 0 Å². The Hall–Kier alpha value is -2.11. The van der Waals surface area contributed by atoms with Gasteiger partial charge in [0, 0.05) is 24.8 Å². The molecule has 0 bridgehead atoms. The molecule has 2 N–H and O–H groups in total. The molecule has 6 nitrogen and oxygen atoms in total. The molecule has 1 unspecified atom stereocenters. The Morgan fingerprint density at radius 2 is 2.15 bits per heavy atom. The summed E-state index contributed by atoms with van der Waals surface area (Å²) in [6.45, 7) is 1.95. The number of carbonyl (C=O) groups is 1. The van der Waals surface area contributed by atoms with Gasteiger partial charge in [-0.2, -0.15) is 0 Å². The van der Waals surface area contributed by atoms with Crippen LogP contribution in [0.3, 0.4) is 0 Å². The molecule has 1 amide bonds. The van der Waals surface area contributed by atoms with Crippen LogP contribution in [0.2, 0.25) is 0 Å². The fourth-order valence-corrected chi connectivity index (χ4v) is 2.37. The lowest BCUT2D eigenvalue weighted by Gasteiger charge is -2.31. The lowest BCUT2D eigenvalue weighted by molar-refractivity contribution is -0.385. The zero-order valence-electron chi connectivity index (χ0n) is 11.7. The maximum atomic E-state index is 12.2. The van der Waals surface area contributed by atoms with Crippen molar-refractivity contribution in [1.82, 2.24) is 5.32 Å². The zero-order chi connectivity index (χ0) is 14.7. The second-order valence-electron chi connectivity index (χ2n) is 5.19. The van der Waals surface area contributed by atoms with Gasteiger partial charge in [-0.05, 0) is 37.8 Å². The van der Waals surface area contributed by atoms with Gasteiger partial charge in [0.1, 0.15) is 5.56 Å². The predicted molar refractivity (Wildman–Crippen MR) is 76.9 cm³/mol. The molecule has 1 atom stereocenters. The second-order valence-corrected chi connectivity index (χ2v) is 5.19. The summed E-state index contributed by atoms with van der Waals surface area (Å²) in [7, 11) is 1.71. The van der Waals surface area contributed by atoms with Gasteiger partial charge in [0.15, 0.2) is 0 Å². The van der Waals surface area contributed by atoms with Crippen molar-refractivity contribution in [3.8, 4) is 0 Å². The maximum absolute atomic E-state index is 12.2. The number of benzene rings is 1. The Kier molecular flexibility index (Phi) is 4.22. The molecule has 0 aromatic heterocycles. The highest BCUT2D eigenvalue weighted by Crippen LogP contribution is 2.30. The Labute approximate surface area is 117 Å². The fraction of sp³-hybridized carbons (Fsp3) is 0.500. The number of amides is 1. The average Bonchev–Trinajstić information content (AvgIpc) is 2.35. The van der Waals surface area contributed by atoms with E-state index in [0.29, 0.717) is 11.6 Å². The summed E-state index contributed by atoms with van der Waals surface area (Å²) in [5, 5.41) is 16.8. The van der Waals surface area contributed by atoms with E-state index in [1.54, 1.807) is 13.1 Å². The Morgan fingerprint density at radius 1 is 1.45 bits per heavy atom. The molecular weight excluding hydrogens is 258 g/mol. The van der Waals surface area contributed by atoms with Crippen LogP contribution in [0.25, 0.3) is 0 Å². The molecular formula is C14H19N3O3. The van der Waals surface area contributed by atoms with E-state index in [9.17, 15) is 14.9 Å². The van der Waals surface area contributed by atoms with Gasteiger partial charge in [0.2, 0.25) is 0 Å². The fourth-order valence-electron chi connectivity index (χ4n) is 2.37. The maximum Gasteiger partial charge on any atom is 0.282 e. The first kappa shape index (κ1) is 14.3. The van der Waals surface area contributed by atoms with Crippen molar-refractivity contribution in [2.24, 2.45) is 5.92 Å². The van der Waals surface area contributed by atoms with E-state index in [1.165, 1.54) is 18.6 Å². The van der Waals surface area contributed by atoms with Gasteiger partial charge in [-0.25, -0.2) is 0 Å². The average molecular weight is 277 g/mol. The number of nitrogens with one attached hydrogen (secondary N) is 2. The van der Waals surface area contributed by atoms with Crippen molar-refractivity contribution in [2.75, 3.05) is 12.4 Å². The largest absolute Gasteiger partial charge is 0.388 e. The highest BCUT2D eigenvalue weighted by Gasteiger charge is 2.27. The van der Waals surface area contributed by atoms with Gasteiger partial charge < -0.3 is 10.6 Å². The standard InChI is InChI=1S/C14H19N3O3/c1-9(10-4-3-5-10)16-14(18)12-8-11(15-2)6-7-13(12)17(19)20/h6-10,15H,3-5H2,1-2H3,(H,16,18). The van der Waals surface area contributed by atoms with Crippen LogP contribution in [-0.4, -0.2) is 23.9 Å². The van der Waals surface area contributed by atoms with E-state index < -0.39 is 4.92 Å².